The third kappa shape index (κ3) is 37.9. The van der Waals surface area contributed by atoms with E-state index >= 15 is 0 Å². The molecule has 96 valence electrons. The first kappa shape index (κ1) is 20.6. The maximum absolute atomic E-state index is 2.21. The lowest BCUT2D eigenvalue weighted by atomic mass is 10.3. The van der Waals surface area contributed by atoms with Crippen molar-refractivity contribution in [3.05, 3.63) is 36.4 Å². The van der Waals surface area contributed by atoms with E-state index in [1.807, 2.05) is 50.2 Å². The van der Waals surface area contributed by atoms with Crippen LogP contribution in [0.2, 0.25) is 0 Å². The maximum atomic E-state index is 2.21. The molecule has 1 rings (SSSR count). The van der Waals surface area contributed by atoms with E-state index in [0.717, 1.165) is 0 Å². The van der Waals surface area contributed by atoms with Crippen LogP contribution in [0.4, 0.5) is 0 Å². The van der Waals surface area contributed by atoms with E-state index in [4.69, 9.17) is 0 Å². The van der Waals surface area contributed by atoms with Crippen LogP contribution in [0.15, 0.2) is 36.4 Å². The molecule has 0 aliphatic heterocycles. The molecular formula is C16H32. The molecule has 0 spiro atoms. The highest BCUT2D eigenvalue weighted by atomic mass is 13.7. The molecule has 0 aromatic heterocycles. The molecule has 0 aliphatic carbocycles. The molecule has 0 amide bonds. The topological polar surface area (TPSA) is 0 Å². The van der Waals surface area contributed by atoms with Gasteiger partial charge in [0.1, 0.15) is 0 Å². The smallest absolute Gasteiger partial charge is 0.0538 e. The third-order valence-electron chi connectivity index (χ3n) is 1.37. The fourth-order valence-electron chi connectivity index (χ4n) is 0.738. The van der Waals surface area contributed by atoms with Crippen LogP contribution >= 0.6 is 0 Å². The SMILES string of the molecule is CC.CCC.CCCCC.c1ccccc1. The summed E-state index contributed by atoms with van der Waals surface area (Å²) in [5.41, 5.74) is 0. The van der Waals surface area contributed by atoms with Gasteiger partial charge >= 0.3 is 0 Å². The lowest BCUT2D eigenvalue weighted by Crippen LogP contribution is -1.59. The molecule has 1 aromatic rings. The minimum Gasteiger partial charge on any atom is -0.0683 e. The summed E-state index contributed by atoms with van der Waals surface area (Å²) in [5.74, 6) is 0. The van der Waals surface area contributed by atoms with Gasteiger partial charge in [0.05, 0.1) is 0 Å². The Labute approximate surface area is 104 Å². The largest absolute Gasteiger partial charge is 0.0683 e. The van der Waals surface area contributed by atoms with Crippen molar-refractivity contribution < 1.29 is 0 Å². The van der Waals surface area contributed by atoms with Gasteiger partial charge in [0, 0.05) is 0 Å². The second-order valence-corrected chi connectivity index (χ2v) is 3.22. The molecule has 0 heteroatoms. The van der Waals surface area contributed by atoms with Crippen LogP contribution < -0.4 is 0 Å². The summed E-state index contributed by atoms with van der Waals surface area (Å²) in [5, 5.41) is 0. The first-order valence-corrected chi connectivity index (χ1v) is 6.83. The van der Waals surface area contributed by atoms with Gasteiger partial charge in [-0.2, -0.15) is 0 Å². The van der Waals surface area contributed by atoms with Crippen molar-refractivity contribution in [3.8, 4) is 0 Å². The van der Waals surface area contributed by atoms with E-state index in [1.165, 1.54) is 25.7 Å². The number of rotatable bonds is 2. The Morgan fingerprint density at radius 1 is 0.562 bits per heavy atom. The highest BCUT2D eigenvalue weighted by Gasteiger charge is 1.68. The zero-order chi connectivity index (χ0) is 13.1. The average molecular weight is 224 g/mol. The molecule has 0 N–H and O–H groups in total. The summed E-state index contributed by atoms with van der Waals surface area (Å²) in [7, 11) is 0. The number of hydrogen-bond acceptors (Lipinski definition) is 0. The Kier molecular flexibility index (Phi) is 37.7. The van der Waals surface area contributed by atoms with Gasteiger partial charge in [-0.15, -0.1) is 0 Å². The molecule has 0 saturated carbocycles. The highest BCUT2D eigenvalue weighted by Crippen LogP contribution is 1.88. The van der Waals surface area contributed by atoms with Gasteiger partial charge in [-0.1, -0.05) is 104 Å². The quantitative estimate of drug-likeness (QED) is 0.551. The van der Waals surface area contributed by atoms with Crippen molar-refractivity contribution in [3.63, 3.8) is 0 Å². The van der Waals surface area contributed by atoms with E-state index in [-0.39, 0.29) is 0 Å². The first-order valence-electron chi connectivity index (χ1n) is 6.83. The summed E-state index contributed by atoms with van der Waals surface area (Å²) in [4.78, 5) is 0. The van der Waals surface area contributed by atoms with Crippen LogP contribution in [0, 0.1) is 0 Å². The summed E-state index contributed by atoms with van der Waals surface area (Å²) in [6.07, 6.45) is 5.33. The molecule has 16 heavy (non-hydrogen) atoms. The Bertz CT molecular complexity index is 115. The monoisotopic (exact) mass is 224 g/mol. The number of benzene rings is 1. The Balaban J connectivity index is -0.000000155. The standard InChI is InChI=1S/C6H6.C5H12.C3H8.C2H6/c1-2-4-6-5-3-1;1-3-5-4-2;1-3-2;1-2/h1-6H;3-5H2,1-2H3;3H2,1-2H3;1-2H3. The molecule has 1 aromatic carbocycles. The number of hydrogen-bond donors (Lipinski definition) is 0. The van der Waals surface area contributed by atoms with Crippen molar-refractivity contribution in [2.45, 2.75) is 67.2 Å². The first-order chi connectivity index (χ1) is 7.83. The molecule has 0 heterocycles. The zero-order valence-corrected chi connectivity index (χ0v) is 12.3. The molecular weight excluding hydrogens is 192 g/mol. The summed E-state index contributed by atoms with van der Waals surface area (Å²) >= 11 is 0. The van der Waals surface area contributed by atoms with Gasteiger partial charge in [-0.3, -0.25) is 0 Å². The summed E-state index contributed by atoms with van der Waals surface area (Å²) in [6.45, 7) is 12.7. The van der Waals surface area contributed by atoms with E-state index in [2.05, 4.69) is 27.7 Å². The van der Waals surface area contributed by atoms with E-state index in [9.17, 15) is 0 Å². The highest BCUT2D eigenvalue weighted by molar-refractivity contribution is 4.99. The van der Waals surface area contributed by atoms with Gasteiger partial charge in [0.2, 0.25) is 0 Å². The fourth-order valence-corrected chi connectivity index (χ4v) is 0.738. The van der Waals surface area contributed by atoms with Gasteiger partial charge in [0.25, 0.3) is 0 Å². The normalized spacial score (nSPS) is 7.12. The second kappa shape index (κ2) is 29.2. The molecule has 0 fully saturated rings. The molecule has 0 nitrogen and oxygen atoms in total. The van der Waals surface area contributed by atoms with Crippen LogP contribution in [0.5, 0.6) is 0 Å². The molecule has 0 atom stereocenters. The minimum atomic E-state index is 1.25. The number of unbranched alkanes of at least 4 members (excludes halogenated alkanes) is 2. The molecule has 0 radical (unpaired) electrons. The van der Waals surface area contributed by atoms with Gasteiger partial charge < -0.3 is 0 Å². The predicted octanol–water partition coefficient (Wildman–Crippen LogP) is 6.33. The van der Waals surface area contributed by atoms with Crippen molar-refractivity contribution in [2.24, 2.45) is 0 Å². The summed E-state index contributed by atoms with van der Waals surface area (Å²) < 4.78 is 0. The minimum absolute atomic E-state index is 1.25. The zero-order valence-electron chi connectivity index (χ0n) is 12.3. The average Bonchev–Trinajstić information content (AvgIpc) is 2.37. The van der Waals surface area contributed by atoms with Crippen LogP contribution in [-0.2, 0) is 0 Å². The molecule has 0 aliphatic rings. The van der Waals surface area contributed by atoms with E-state index < -0.39 is 0 Å². The van der Waals surface area contributed by atoms with Crippen molar-refractivity contribution in [1.29, 1.82) is 0 Å². The maximum Gasteiger partial charge on any atom is -0.0538 e. The van der Waals surface area contributed by atoms with Crippen LogP contribution in [0.25, 0.3) is 0 Å². The molecule has 0 bridgehead atoms. The predicted molar refractivity (Wildman–Crippen MR) is 79.0 cm³/mol. The van der Waals surface area contributed by atoms with E-state index in [1.54, 1.807) is 0 Å². The van der Waals surface area contributed by atoms with Crippen molar-refractivity contribution >= 4 is 0 Å². The van der Waals surface area contributed by atoms with E-state index in [0.29, 0.717) is 0 Å². The Hall–Kier alpha value is -0.780. The third-order valence-corrected chi connectivity index (χ3v) is 1.37. The van der Waals surface area contributed by atoms with Crippen LogP contribution in [0.3, 0.4) is 0 Å². The van der Waals surface area contributed by atoms with Crippen LogP contribution in [-0.4, -0.2) is 0 Å². The molecule has 0 saturated heterocycles. The van der Waals surface area contributed by atoms with Crippen LogP contribution in [0.1, 0.15) is 67.2 Å². The second-order valence-electron chi connectivity index (χ2n) is 3.22. The Morgan fingerprint density at radius 2 is 0.750 bits per heavy atom. The lowest BCUT2D eigenvalue weighted by Gasteiger charge is -1.79. The van der Waals surface area contributed by atoms with Crippen molar-refractivity contribution in [1.82, 2.24) is 0 Å². The van der Waals surface area contributed by atoms with Gasteiger partial charge in [-0.05, 0) is 0 Å². The summed E-state index contributed by atoms with van der Waals surface area (Å²) in [6, 6.07) is 12.0. The van der Waals surface area contributed by atoms with Crippen molar-refractivity contribution in [2.75, 3.05) is 0 Å². The Morgan fingerprint density at radius 3 is 0.812 bits per heavy atom. The molecule has 0 unspecified atom stereocenters. The van der Waals surface area contributed by atoms with Gasteiger partial charge in [0.15, 0.2) is 0 Å². The lowest BCUT2D eigenvalue weighted by molar-refractivity contribution is 0.772. The van der Waals surface area contributed by atoms with Gasteiger partial charge in [-0.25, -0.2) is 0 Å². The fraction of sp³-hybridized carbons (Fsp3) is 0.625.